The lowest BCUT2D eigenvalue weighted by Gasteiger charge is -2.19. The van der Waals surface area contributed by atoms with Crippen molar-refractivity contribution in [2.45, 2.75) is 33.0 Å². The van der Waals surface area contributed by atoms with E-state index in [0.29, 0.717) is 18.1 Å². The van der Waals surface area contributed by atoms with E-state index in [9.17, 15) is 4.79 Å². The Kier molecular flexibility index (Phi) is 4.25. The molecule has 0 bridgehead atoms. The molecule has 3 rings (SSSR count). The summed E-state index contributed by atoms with van der Waals surface area (Å²) in [5, 5.41) is 0.855. The van der Waals surface area contributed by atoms with Crippen LogP contribution in [0.15, 0.2) is 54.7 Å². The Hall–Kier alpha value is -2.82. The fourth-order valence-corrected chi connectivity index (χ4v) is 2.26. The van der Waals surface area contributed by atoms with E-state index in [4.69, 9.17) is 9.47 Å². The topological polar surface area (TPSA) is 53.4 Å². The van der Waals surface area contributed by atoms with Gasteiger partial charge in [-0.3, -0.25) is 0 Å². The van der Waals surface area contributed by atoms with E-state index in [2.05, 4.69) is 4.98 Å². The van der Waals surface area contributed by atoms with Gasteiger partial charge >= 0.3 is 6.09 Å². The highest BCUT2D eigenvalue weighted by atomic mass is 16.6. The summed E-state index contributed by atoms with van der Waals surface area (Å²) in [6, 6.07) is 15.4. The Morgan fingerprint density at radius 2 is 1.83 bits per heavy atom. The molecule has 0 saturated carbocycles. The number of carbonyl (C=O) groups is 1. The van der Waals surface area contributed by atoms with Gasteiger partial charge in [-0.1, -0.05) is 30.3 Å². The second-order valence-electron chi connectivity index (χ2n) is 6.50. The molecule has 24 heavy (non-hydrogen) atoms. The maximum Gasteiger partial charge on any atom is 0.420 e. The quantitative estimate of drug-likeness (QED) is 0.716. The van der Waals surface area contributed by atoms with E-state index in [1.54, 1.807) is 12.3 Å². The van der Waals surface area contributed by atoms with Crippen molar-refractivity contribution in [3.05, 3.63) is 60.3 Å². The highest BCUT2D eigenvalue weighted by Crippen LogP contribution is 2.20. The zero-order chi connectivity index (χ0) is 17.2. The molecule has 0 saturated heterocycles. The predicted octanol–water partition coefficient (Wildman–Crippen LogP) is 4.40. The molecular formula is C19H20N2O3. The second kappa shape index (κ2) is 6.35. The number of benzene rings is 1. The molecule has 0 amide bonds. The van der Waals surface area contributed by atoms with Crippen molar-refractivity contribution in [2.24, 2.45) is 0 Å². The van der Waals surface area contributed by atoms with Crippen LogP contribution < -0.4 is 4.74 Å². The first-order valence-corrected chi connectivity index (χ1v) is 7.80. The van der Waals surface area contributed by atoms with Gasteiger partial charge in [0, 0.05) is 17.6 Å². The molecule has 1 aromatic carbocycles. The fourth-order valence-electron chi connectivity index (χ4n) is 2.26. The van der Waals surface area contributed by atoms with Crippen LogP contribution in [0.2, 0.25) is 0 Å². The lowest BCUT2D eigenvalue weighted by Crippen LogP contribution is -2.26. The van der Waals surface area contributed by atoms with Gasteiger partial charge in [0.05, 0.1) is 0 Å². The van der Waals surface area contributed by atoms with E-state index in [1.165, 1.54) is 4.57 Å². The number of nitrogens with zero attached hydrogens (tertiary/aromatic N) is 2. The summed E-state index contributed by atoms with van der Waals surface area (Å²) in [5.74, 6) is 0.467. The lowest BCUT2D eigenvalue weighted by atomic mass is 10.2. The second-order valence-corrected chi connectivity index (χ2v) is 6.50. The van der Waals surface area contributed by atoms with Crippen molar-refractivity contribution >= 4 is 17.1 Å². The Labute approximate surface area is 140 Å². The van der Waals surface area contributed by atoms with Crippen LogP contribution in [0.25, 0.3) is 11.0 Å². The average Bonchev–Trinajstić information content (AvgIpc) is 2.95. The van der Waals surface area contributed by atoms with Gasteiger partial charge in [-0.05, 0) is 38.5 Å². The predicted molar refractivity (Wildman–Crippen MR) is 92.1 cm³/mol. The highest BCUT2D eigenvalue weighted by molar-refractivity contribution is 5.87. The smallest absolute Gasteiger partial charge is 0.420 e. The number of pyridine rings is 1. The average molecular weight is 324 g/mol. The molecule has 0 aliphatic heterocycles. The van der Waals surface area contributed by atoms with Crippen molar-refractivity contribution in [1.82, 2.24) is 9.55 Å². The minimum absolute atomic E-state index is 0.423. The Balaban J connectivity index is 1.82. The summed E-state index contributed by atoms with van der Waals surface area (Å²) < 4.78 is 12.5. The van der Waals surface area contributed by atoms with Gasteiger partial charge in [0.1, 0.15) is 12.2 Å². The normalized spacial score (nSPS) is 11.5. The summed E-state index contributed by atoms with van der Waals surface area (Å²) in [6.45, 7) is 5.92. The molecule has 0 aliphatic carbocycles. The Bertz CT molecular complexity index is 848. The molecule has 0 unspecified atom stereocenters. The van der Waals surface area contributed by atoms with Gasteiger partial charge in [0.2, 0.25) is 5.88 Å². The van der Waals surface area contributed by atoms with E-state index >= 15 is 0 Å². The number of aromatic nitrogens is 2. The first-order valence-electron chi connectivity index (χ1n) is 7.80. The number of fused-ring (bicyclic) bond motifs is 1. The molecule has 5 heteroatoms. The molecule has 0 N–H and O–H groups in total. The Morgan fingerprint density at radius 3 is 2.54 bits per heavy atom. The molecule has 0 atom stereocenters. The summed E-state index contributed by atoms with van der Waals surface area (Å²) in [6.07, 6.45) is 1.21. The zero-order valence-corrected chi connectivity index (χ0v) is 14.0. The van der Waals surface area contributed by atoms with Crippen LogP contribution in [-0.2, 0) is 11.3 Å². The Morgan fingerprint density at radius 1 is 1.08 bits per heavy atom. The summed E-state index contributed by atoms with van der Waals surface area (Å²) in [5.41, 5.74) is 1.02. The van der Waals surface area contributed by atoms with Crippen LogP contribution in [-0.4, -0.2) is 21.2 Å². The van der Waals surface area contributed by atoms with E-state index < -0.39 is 11.7 Å². The van der Waals surface area contributed by atoms with Crippen molar-refractivity contribution < 1.29 is 14.3 Å². The van der Waals surface area contributed by atoms with Gasteiger partial charge in [-0.25, -0.2) is 9.36 Å². The first kappa shape index (κ1) is 16.1. The fraction of sp³-hybridized carbons (Fsp3) is 0.263. The van der Waals surface area contributed by atoms with Crippen molar-refractivity contribution in [2.75, 3.05) is 0 Å². The largest absolute Gasteiger partial charge is 0.473 e. The number of carbonyl (C=O) groups excluding carboxylic acids is 1. The lowest BCUT2D eigenvalue weighted by molar-refractivity contribution is 0.0543. The van der Waals surface area contributed by atoms with Crippen molar-refractivity contribution in [3.8, 4) is 5.88 Å². The first-order chi connectivity index (χ1) is 11.4. The monoisotopic (exact) mass is 324 g/mol. The maximum absolute atomic E-state index is 12.3. The van der Waals surface area contributed by atoms with Crippen LogP contribution in [0.4, 0.5) is 4.79 Å². The minimum atomic E-state index is -0.560. The third kappa shape index (κ3) is 3.74. The number of hydrogen-bond acceptors (Lipinski definition) is 4. The van der Waals surface area contributed by atoms with E-state index in [0.717, 1.165) is 10.9 Å². The molecule has 0 fully saturated rings. The van der Waals surface area contributed by atoms with Crippen LogP contribution in [0.5, 0.6) is 5.88 Å². The number of hydrogen-bond donors (Lipinski definition) is 0. The maximum atomic E-state index is 12.3. The van der Waals surface area contributed by atoms with Gasteiger partial charge in [0.15, 0.2) is 5.65 Å². The third-order valence-corrected chi connectivity index (χ3v) is 3.33. The summed E-state index contributed by atoms with van der Waals surface area (Å²) in [7, 11) is 0. The highest BCUT2D eigenvalue weighted by Gasteiger charge is 2.19. The molecule has 2 heterocycles. The van der Waals surface area contributed by atoms with Gasteiger partial charge < -0.3 is 9.47 Å². The van der Waals surface area contributed by atoms with Crippen molar-refractivity contribution in [1.29, 1.82) is 0 Å². The number of rotatable bonds is 3. The van der Waals surface area contributed by atoms with Crippen LogP contribution in [0, 0.1) is 0 Å². The minimum Gasteiger partial charge on any atom is -0.473 e. The molecule has 124 valence electrons. The SMILES string of the molecule is CC(C)(C)OC(=O)n1ccc2ccc(OCc3ccccc3)nc21. The van der Waals surface area contributed by atoms with Crippen LogP contribution in [0.1, 0.15) is 26.3 Å². The molecule has 0 aliphatic rings. The van der Waals surface area contributed by atoms with E-state index in [-0.39, 0.29) is 0 Å². The van der Waals surface area contributed by atoms with Crippen LogP contribution in [0.3, 0.4) is 0 Å². The standard InChI is InChI=1S/C19H20N2O3/c1-19(2,3)24-18(22)21-12-11-15-9-10-16(20-17(15)21)23-13-14-7-5-4-6-8-14/h4-12H,13H2,1-3H3. The molecule has 5 nitrogen and oxygen atoms in total. The molecule has 2 aromatic heterocycles. The van der Waals surface area contributed by atoms with Gasteiger partial charge in [-0.15, -0.1) is 0 Å². The summed E-state index contributed by atoms with van der Waals surface area (Å²) in [4.78, 5) is 16.7. The summed E-state index contributed by atoms with van der Waals surface area (Å²) >= 11 is 0. The van der Waals surface area contributed by atoms with Crippen molar-refractivity contribution in [3.63, 3.8) is 0 Å². The molecule has 0 spiro atoms. The number of ether oxygens (including phenoxy) is 2. The third-order valence-electron chi connectivity index (χ3n) is 3.33. The molecular weight excluding hydrogens is 304 g/mol. The molecule has 3 aromatic rings. The van der Waals surface area contributed by atoms with E-state index in [1.807, 2.05) is 63.2 Å². The van der Waals surface area contributed by atoms with Crippen LogP contribution >= 0.6 is 0 Å². The van der Waals surface area contributed by atoms with Gasteiger partial charge in [0.25, 0.3) is 0 Å². The molecule has 0 radical (unpaired) electrons. The van der Waals surface area contributed by atoms with Gasteiger partial charge in [-0.2, -0.15) is 4.98 Å². The zero-order valence-electron chi connectivity index (χ0n) is 14.0.